The molecule has 0 radical (unpaired) electrons. The molecule has 0 aliphatic carbocycles. The van der Waals surface area contributed by atoms with Crippen molar-refractivity contribution >= 4 is 0 Å². The summed E-state index contributed by atoms with van der Waals surface area (Å²) in [5.74, 6) is 2.24. The molecule has 0 aliphatic heterocycles. The van der Waals surface area contributed by atoms with Crippen molar-refractivity contribution in [3.63, 3.8) is 0 Å². The van der Waals surface area contributed by atoms with Gasteiger partial charge in [0, 0.05) is 6.04 Å². The van der Waals surface area contributed by atoms with Crippen LogP contribution in [0.25, 0.3) is 11.4 Å². The van der Waals surface area contributed by atoms with E-state index in [1.807, 2.05) is 20.0 Å². The number of nitrogens with zero attached hydrogens (tertiary/aromatic N) is 2. The predicted molar refractivity (Wildman–Crippen MR) is 68.3 cm³/mol. The average molecular weight is 249 g/mol. The molecule has 2 aromatic heterocycles. The molecule has 5 heteroatoms. The highest BCUT2D eigenvalue weighted by atomic mass is 16.5. The maximum absolute atomic E-state index is 5.35. The van der Waals surface area contributed by atoms with E-state index in [-0.39, 0.29) is 5.92 Å². The molecule has 2 atom stereocenters. The summed E-state index contributed by atoms with van der Waals surface area (Å²) in [6.45, 7) is 6.11. The molecular weight excluding hydrogens is 230 g/mol. The number of nitrogens with one attached hydrogen (secondary N) is 1. The molecule has 2 aromatic rings. The smallest absolute Gasteiger partial charge is 0.231 e. The fourth-order valence-electron chi connectivity index (χ4n) is 2.13. The van der Waals surface area contributed by atoms with Gasteiger partial charge in [-0.25, -0.2) is 0 Å². The third-order valence-electron chi connectivity index (χ3n) is 3.35. The van der Waals surface area contributed by atoms with Crippen LogP contribution in [0.3, 0.4) is 0 Å². The Balaban J connectivity index is 2.23. The van der Waals surface area contributed by atoms with Crippen LogP contribution in [0.5, 0.6) is 0 Å². The highest BCUT2D eigenvalue weighted by molar-refractivity contribution is 5.56. The van der Waals surface area contributed by atoms with Crippen molar-refractivity contribution in [2.45, 2.75) is 39.2 Å². The molecule has 0 fully saturated rings. The van der Waals surface area contributed by atoms with Gasteiger partial charge in [-0.3, -0.25) is 0 Å². The van der Waals surface area contributed by atoms with Gasteiger partial charge in [0.05, 0.1) is 17.7 Å². The van der Waals surface area contributed by atoms with Gasteiger partial charge in [-0.05, 0) is 26.5 Å². The number of aromatic nitrogens is 2. The minimum absolute atomic E-state index is 0.188. The molecule has 0 amide bonds. The summed E-state index contributed by atoms with van der Waals surface area (Å²) in [5.41, 5.74) is 0.884. The molecule has 0 saturated carbocycles. The summed E-state index contributed by atoms with van der Waals surface area (Å²) in [7, 11) is 1.95. The molecular formula is C13H19N3O2. The van der Waals surface area contributed by atoms with E-state index in [9.17, 15) is 0 Å². The van der Waals surface area contributed by atoms with Crippen LogP contribution in [0.2, 0.25) is 0 Å². The molecule has 0 saturated heterocycles. The second-order valence-electron chi connectivity index (χ2n) is 4.44. The number of likely N-dealkylation sites (N-methyl/N-ethyl adjacent to an activating group) is 1. The molecule has 0 bridgehead atoms. The van der Waals surface area contributed by atoms with Crippen molar-refractivity contribution < 1.29 is 8.94 Å². The Hall–Kier alpha value is -1.62. The lowest BCUT2D eigenvalue weighted by molar-refractivity contribution is 0.326. The molecule has 18 heavy (non-hydrogen) atoms. The number of aryl methyl sites for hydroxylation is 1. The Morgan fingerprint density at radius 1 is 1.44 bits per heavy atom. The van der Waals surface area contributed by atoms with E-state index >= 15 is 0 Å². The van der Waals surface area contributed by atoms with Gasteiger partial charge in [0.15, 0.2) is 0 Å². The van der Waals surface area contributed by atoms with Crippen LogP contribution in [0, 0.1) is 6.92 Å². The molecule has 5 nitrogen and oxygen atoms in total. The van der Waals surface area contributed by atoms with Gasteiger partial charge >= 0.3 is 0 Å². The molecule has 2 rings (SSSR count). The third kappa shape index (κ3) is 2.31. The second-order valence-corrected chi connectivity index (χ2v) is 4.44. The highest BCUT2D eigenvalue weighted by Crippen LogP contribution is 2.25. The Morgan fingerprint density at radius 2 is 2.22 bits per heavy atom. The van der Waals surface area contributed by atoms with Crippen LogP contribution in [-0.2, 0) is 0 Å². The summed E-state index contributed by atoms with van der Waals surface area (Å²) >= 11 is 0. The first-order valence-electron chi connectivity index (χ1n) is 6.22. The van der Waals surface area contributed by atoms with Crippen LogP contribution >= 0.6 is 0 Å². The number of hydrogen-bond donors (Lipinski definition) is 1. The molecule has 98 valence electrons. The average Bonchev–Trinajstić information content (AvgIpc) is 2.98. The van der Waals surface area contributed by atoms with Crippen LogP contribution < -0.4 is 5.32 Å². The van der Waals surface area contributed by atoms with Gasteiger partial charge in [0.2, 0.25) is 11.7 Å². The van der Waals surface area contributed by atoms with Crippen LogP contribution in [0.15, 0.2) is 21.3 Å². The maximum atomic E-state index is 5.35. The molecule has 0 aromatic carbocycles. The molecule has 1 N–H and O–H groups in total. The monoisotopic (exact) mass is 249 g/mol. The minimum atomic E-state index is 0.188. The maximum Gasteiger partial charge on any atom is 0.231 e. The van der Waals surface area contributed by atoms with Crippen molar-refractivity contribution in [1.82, 2.24) is 15.5 Å². The summed E-state index contributed by atoms with van der Waals surface area (Å²) in [4.78, 5) is 4.45. The summed E-state index contributed by atoms with van der Waals surface area (Å²) in [6.07, 6.45) is 2.65. The first kappa shape index (κ1) is 12.8. The van der Waals surface area contributed by atoms with E-state index in [1.54, 1.807) is 6.26 Å². The first-order valence-corrected chi connectivity index (χ1v) is 6.22. The number of furan rings is 1. The quantitative estimate of drug-likeness (QED) is 0.882. The van der Waals surface area contributed by atoms with Gasteiger partial charge < -0.3 is 14.3 Å². The second kappa shape index (κ2) is 5.35. The Bertz CT molecular complexity index is 500. The van der Waals surface area contributed by atoms with Gasteiger partial charge in [0.25, 0.3) is 0 Å². The lowest BCUT2D eigenvalue weighted by Gasteiger charge is -2.18. The lowest BCUT2D eigenvalue weighted by Crippen LogP contribution is -2.30. The molecule has 2 heterocycles. The molecule has 2 unspecified atom stereocenters. The van der Waals surface area contributed by atoms with E-state index in [0.29, 0.717) is 17.8 Å². The minimum Gasteiger partial charge on any atom is -0.469 e. The SMILES string of the molecule is CCC(NC)C(C)c1nc(-c2ccoc2C)no1. The van der Waals surface area contributed by atoms with Crippen LogP contribution in [0.4, 0.5) is 0 Å². The van der Waals surface area contributed by atoms with Gasteiger partial charge in [0.1, 0.15) is 5.76 Å². The predicted octanol–water partition coefficient (Wildman–Crippen LogP) is 2.74. The van der Waals surface area contributed by atoms with Crippen LogP contribution in [-0.4, -0.2) is 23.2 Å². The fraction of sp³-hybridized carbons (Fsp3) is 0.538. The van der Waals surface area contributed by atoms with Crippen molar-refractivity contribution in [2.75, 3.05) is 7.05 Å². The van der Waals surface area contributed by atoms with Gasteiger partial charge in [-0.1, -0.05) is 19.0 Å². The van der Waals surface area contributed by atoms with Crippen molar-refractivity contribution in [3.05, 3.63) is 24.0 Å². The van der Waals surface area contributed by atoms with E-state index < -0.39 is 0 Å². The normalized spacial score (nSPS) is 14.7. The Morgan fingerprint density at radius 3 is 2.78 bits per heavy atom. The zero-order valence-electron chi connectivity index (χ0n) is 11.2. The van der Waals surface area contributed by atoms with E-state index in [2.05, 4.69) is 29.3 Å². The zero-order chi connectivity index (χ0) is 13.1. The third-order valence-corrected chi connectivity index (χ3v) is 3.35. The van der Waals surface area contributed by atoms with Gasteiger partial charge in [-0.2, -0.15) is 4.98 Å². The van der Waals surface area contributed by atoms with E-state index in [0.717, 1.165) is 17.7 Å². The highest BCUT2D eigenvalue weighted by Gasteiger charge is 2.22. The number of rotatable bonds is 5. The van der Waals surface area contributed by atoms with E-state index in [1.165, 1.54) is 0 Å². The van der Waals surface area contributed by atoms with Crippen molar-refractivity contribution in [3.8, 4) is 11.4 Å². The Labute approximate surface area is 107 Å². The van der Waals surface area contributed by atoms with E-state index in [4.69, 9.17) is 8.94 Å². The summed E-state index contributed by atoms with van der Waals surface area (Å²) in [5, 5.41) is 7.28. The lowest BCUT2D eigenvalue weighted by atomic mass is 10.00. The molecule has 0 aliphatic rings. The summed E-state index contributed by atoms with van der Waals surface area (Å²) < 4.78 is 10.6. The molecule has 0 spiro atoms. The topological polar surface area (TPSA) is 64.1 Å². The summed E-state index contributed by atoms with van der Waals surface area (Å²) in [6, 6.07) is 2.19. The van der Waals surface area contributed by atoms with Crippen LogP contribution in [0.1, 0.15) is 37.8 Å². The first-order chi connectivity index (χ1) is 8.67. The van der Waals surface area contributed by atoms with Gasteiger partial charge in [-0.15, -0.1) is 0 Å². The van der Waals surface area contributed by atoms with Crippen molar-refractivity contribution in [2.24, 2.45) is 0 Å². The number of hydrogen-bond acceptors (Lipinski definition) is 5. The standard InChI is InChI=1S/C13H19N3O2/c1-5-11(14-4)8(2)13-15-12(16-18-13)10-6-7-17-9(10)3/h6-8,11,14H,5H2,1-4H3. The fourth-order valence-corrected chi connectivity index (χ4v) is 2.13. The zero-order valence-corrected chi connectivity index (χ0v) is 11.2. The largest absolute Gasteiger partial charge is 0.469 e. The van der Waals surface area contributed by atoms with Crippen molar-refractivity contribution in [1.29, 1.82) is 0 Å². The Kier molecular flexibility index (Phi) is 3.81.